The van der Waals surface area contributed by atoms with Crippen LogP contribution in [0.5, 0.6) is 0 Å². The van der Waals surface area contributed by atoms with E-state index in [2.05, 4.69) is 22.1 Å². The number of nitrogens with two attached hydrogens (primary N) is 1. The van der Waals surface area contributed by atoms with Crippen molar-refractivity contribution in [1.82, 2.24) is 10.2 Å². The second-order valence-electron chi connectivity index (χ2n) is 6.25. The van der Waals surface area contributed by atoms with Gasteiger partial charge in [-0.1, -0.05) is 26.2 Å². The topological polar surface area (TPSA) is 70.7 Å². The molecule has 3 N–H and O–H groups in total. The lowest BCUT2D eigenvalue weighted by Crippen LogP contribution is -2.43. The zero-order valence-corrected chi connectivity index (χ0v) is 12.6. The third-order valence-corrected chi connectivity index (χ3v) is 4.46. The molecule has 1 aliphatic heterocycles. The number of amides is 1. The van der Waals surface area contributed by atoms with Crippen LogP contribution < -0.4 is 11.1 Å². The summed E-state index contributed by atoms with van der Waals surface area (Å²) >= 11 is 0. The molecule has 5 nitrogen and oxygen atoms in total. The second kappa shape index (κ2) is 7.50. The number of rotatable bonds is 3. The lowest BCUT2D eigenvalue weighted by molar-refractivity contribution is -0.120. The first-order valence-electron chi connectivity index (χ1n) is 7.99. The first-order chi connectivity index (χ1) is 9.65. The van der Waals surface area contributed by atoms with Crippen LogP contribution in [0.25, 0.3) is 0 Å². The van der Waals surface area contributed by atoms with Crippen LogP contribution in [0.4, 0.5) is 0 Å². The molecule has 0 atom stereocenters. The van der Waals surface area contributed by atoms with Gasteiger partial charge in [-0.2, -0.15) is 0 Å². The van der Waals surface area contributed by atoms with E-state index in [0.717, 1.165) is 44.7 Å². The highest BCUT2D eigenvalue weighted by molar-refractivity contribution is 5.84. The van der Waals surface area contributed by atoms with Gasteiger partial charge >= 0.3 is 0 Å². The van der Waals surface area contributed by atoms with Gasteiger partial charge in [0, 0.05) is 19.1 Å². The zero-order chi connectivity index (χ0) is 14.4. The van der Waals surface area contributed by atoms with Crippen LogP contribution in [0.15, 0.2) is 4.99 Å². The predicted molar refractivity (Wildman–Crippen MR) is 81.5 cm³/mol. The Labute approximate surface area is 122 Å². The van der Waals surface area contributed by atoms with Crippen molar-refractivity contribution in [2.45, 2.75) is 57.9 Å². The predicted octanol–water partition coefficient (Wildman–Crippen LogP) is 1.48. The van der Waals surface area contributed by atoms with Crippen LogP contribution in [0.2, 0.25) is 0 Å². The summed E-state index contributed by atoms with van der Waals surface area (Å²) < 4.78 is 0. The summed E-state index contributed by atoms with van der Waals surface area (Å²) in [4.78, 5) is 18.2. The highest BCUT2D eigenvalue weighted by atomic mass is 16.1. The number of carbonyl (C=O) groups excluding carboxylic acids is 1. The monoisotopic (exact) mass is 280 g/mol. The summed E-state index contributed by atoms with van der Waals surface area (Å²) in [6.07, 6.45) is 8.27. The molecule has 1 aliphatic carbocycles. The Hall–Kier alpha value is -1.26. The summed E-state index contributed by atoms with van der Waals surface area (Å²) in [7, 11) is 0. The summed E-state index contributed by atoms with van der Waals surface area (Å²) in [6, 6.07) is 0.350. The van der Waals surface area contributed by atoms with Gasteiger partial charge in [-0.15, -0.1) is 0 Å². The van der Waals surface area contributed by atoms with E-state index in [1.54, 1.807) is 0 Å². The molecular formula is C15H28N4O. The molecule has 0 aromatic rings. The van der Waals surface area contributed by atoms with Crippen molar-refractivity contribution in [1.29, 1.82) is 0 Å². The van der Waals surface area contributed by atoms with Crippen molar-refractivity contribution >= 4 is 11.9 Å². The maximum Gasteiger partial charge on any atom is 0.242 e. The second-order valence-corrected chi connectivity index (χ2v) is 6.25. The Kier molecular flexibility index (Phi) is 5.68. The third-order valence-electron chi connectivity index (χ3n) is 4.46. The molecule has 0 spiro atoms. The van der Waals surface area contributed by atoms with Crippen LogP contribution >= 0.6 is 0 Å². The minimum atomic E-state index is 0.00484. The SMILES string of the molecule is CC1CCN(C(N)=NCC(=O)NC2CCCCC2)CC1. The molecule has 5 heteroatoms. The summed E-state index contributed by atoms with van der Waals surface area (Å²) in [6.45, 7) is 4.35. The number of aliphatic imine (C=N–C) groups is 1. The average Bonchev–Trinajstić information content (AvgIpc) is 2.46. The molecule has 0 radical (unpaired) electrons. The Balaban J connectivity index is 1.71. The fourth-order valence-corrected chi connectivity index (χ4v) is 3.01. The van der Waals surface area contributed by atoms with Crippen LogP contribution in [-0.2, 0) is 4.79 Å². The normalized spacial score (nSPS) is 22.9. The first kappa shape index (κ1) is 15.1. The zero-order valence-electron chi connectivity index (χ0n) is 12.6. The standard InChI is InChI=1S/C15H28N4O/c1-12-7-9-19(10-8-12)15(16)17-11-14(20)18-13-5-3-2-4-6-13/h12-13H,2-11H2,1H3,(H2,16,17)(H,18,20). The van der Waals surface area contributed by atoms with Gasteiger partial charge in [-0.25, -0.2) is 4.99 Å². The molecule has 1 amide bonds. The molecule has 0 aromatic heterocycles. The quantitative estimate of drug-likeness (QED) is 0.607. The van der Waals surface area contributed by atoms with Gasteiger partial charge < -0.3 is 16.0 Å². The number of carbonyl (C=O) groups is 1. The van der Waals surface area contributed by atoms with E-state index >= 15 is 0 Å². The van der Waals surface area contributed by atoms with E-state index in [-0.39, 0.29) is 12.5 Å². The number of guanidine groups is 1. The molecule has 114 valence electrons. The van der Waals surface area contributed by atoms with E-state index in [1.807, 2.05) is 0 Å². The van der Waals surface area contributed by atoms with Gasteiger partial charge in [-0.3, -0.25) is 4.79 Å². The van der Waals surface area contributed by atoms with Crippen molar-refractivity contribution < 1.29 is 4.79 Å². The Bertz CT molecular complexity index is 342. The molecule has 0 aromatic carbocycles. The number of nitrogens with one attached hydrogen (secondary N) is 1. The molecule has 2 aliphatic rings. The average molecular weight is 280 g/mol. The van der Waals surface area contributed by atoms with Gasteiger partial charge in [0.1, 0.15) is 6.54 Å². The number of nitrogens with zero attached hydrogens (tertiary/aromatic N) is 2. The summed E-state index contributed by atoms with van der Waals surface area (Å²) in [5.74, 6) is 1.30. The highest BCUT2D eigenvalue weighted by Crippen LogP contribution is 2.17. The number of likely N-dealkylation sites (tertiary alicyclic amines) is 1. The fourth-order valence-electron chi connectivity index (χ4n) is 3.01. The van der Waals surface area contributed by atoms with E-state index in [4.69, 9.17) is 5.73 Å². The fraction of sp³-hybridized carbons (Fsp3) is 0.867. The number of hydrogen-bond acceptors (Lipinski definition) is 2. The minimum absolute atomic E-state index is 0.00484. The first-order valence-corrected chi connectivity index (χ1v) is 7.99. The lowest BCUT2D eigenvalue weighted by atomic mass is 9.95. The number of hydrogen-bond donors (Lipinski definition) is 2. The van der Waals surface area contributed by atoms with Crippen molar-refractivity contribution in [2.75, 3.05) is 19.6 Å². The van der Waals surface area contributed by atoms with E-state index < -0.39 is 0 Å². The van der Waals surface area contributed by atoms with Gasteiger partial charge in [-0.05, 0) is 31.6 Å². The third kappa shape index (κ3) is 4.69. The largest absolute Gasteiger partial charge is 0.370 e. The summed E-state index contributed by atoms with van der Waals surface area (Å²) in [5, 5.41) is 3.06. The minimum Gasteiger partial charge on any atom is -0.370 e. The Morgan fingerprint density at radius 1 is 1.20 bits per heavy atom. The van der Waals surface area contributed by atoms with Gasteiger partial charge in [0.05, 0.1) is 0 Å². The Morgan fingerprint density at radius 3 is 2.50 bits per heavy atom. The smallest absolute Gasteiger partial charge is 0.242 e. The highest BCUT2D eigenvalue weighted by Gasteiger charge is 2.18. The lowest BCUT2D eigenvalue weighted by Gasteiger charge is -2.31. The summed E-state index contributed by atoms with van der Waals surface area (Å²) in [5.41, 5.74) is 5.97. The van der Waals surface area contributed by atoms with Crippen LogP contribution in [0, 0.1) is 5.92 Å². The van der Waals surface area contributed by atoms with Crippen LogP contribution in [0.1, 0.15) is 51.9 Å². The molecule has 0 bridgehead atoms. The molecule has 2 rings (SSSR count). The van der Waals surface area contributed by atoms with Gasteiger partial charge in [0.25, 0.3) is 0 Å². The van der Waals surface area contributed by atoms with Gasteiger partial charge in [0.2, 0.25) is 5.91 Å². The maximum absolute atomic E-state index is 11.9. The van der Waals surface area contributed by atoms with Crippen molar-refractivity contribution in [3.8, 4) is 0 Å². The van der Waals surface area contributed by atoms with E-state index in [1.165, 1.54) is 19.3 Å². The molecule has 1 saturated heterocycles. The molecule has 1 saturated carbocycles. The van der Waals surface area contributed by atoms with Crippen molar-refractivity contribution in [3.05, 3.63) is 0 Å². The molecule has 1 heterocycles. The van der Waals surface area contributed by atoms with Crippen molar-refractivity contribution in [3.63, 3.8) is 0 Å². The maximum atomic E-state index is 11.9. The van der Waals surface area contributed by atoms with Crippen LogP contribution in [-0.4, -0.2) is 42.4 Å². The van der Waals surface area contributed by atoms with E-state index in [0.29, 0.717) is 12.0 Å². The van der Waals surface area contributed by atoms with Crippen LogP contribution in [0.3, 0.4) is 0 Å². The molecule has 20 heavy (non-hydrogen) atoms. The molecule has 0 unspecified atom stereocenters. The van der Waals surface area contributed by atoms with E-state index in [9.17, 15) is 4.79 Å². The molecular weight excluding hydrogens is 252 g/mol. The van der Waals surface area contributed by atoms with Crippen molar-refractivity contribution in [2.24, 2.45) is 16.6 Å². The Morgan fingerprint density at radius 2 is 1.85 bits per heavy atom. The number of piperidine rings is 1. The molecule has 2 fully saturated rings. The van der Waals surface area contributed by atoms with Gasteiger partial charge in [0.15, 0.2) is 5.96 Å².